The smallest absolute Gasteiger partial charge is 0.316 e. The summed E-state index contributed by atoms with van der Waals surface area (Å²) in [5.41, 5.74) is -0.478. The van der Waals surface area contributed by atoms with Crippen molar-refractivity contribution in [3.05, 3.63) is 32.9 Å². The van der Waals surface area contributed by atoms with E-state index in [4.69, 9.17) is 0 Å². The fourth-order valence-corrected chi connectivity index (χ4v) is 1.88. The van der Waals surface area contributed by atoms with Crippen LogP contribution in [-0.2, 0) is 7.05 Å². The second-order valence-electron chi connectivity index (χ2n) is 3.27. The molecule has 0 saturated carbocycles. The molecule has 1 aromatic rings. The summed E-state index contributed by atoms with van der Waals surface area (Å²) in [5.74, 6) is 0.646. The van der Waals surface area contributed by atoms with Gasteiger partial charge in [0.05, 0.1) is 0 Å². The van der Waals surface area contributed by atoms with Crippen molar-refractivity contribution in [2.24, 2.45) is 7.05 Å². The van der Waals surface area contributed by atoms with Crippen LogP contribution in [0.5, 0.6) is 0 Å². The lowest BCUT2D eigenvalue weighted by atomic mass is 10.3. The first-order valence-electron chi connectivity index (χ1n) is 4.66. The number of hydrogen-bond donors (Lipinski definition) is 2. The predicted octanol–water partition coefficient (Wildman–Crippen LogP) is -0.664. The molecule has 1 rings (SSSR count). The Balaban J connectivity index is 2.75. The summed E-state index contributed by atoms with van der Waals surface area (Å²) in [7, 11) is 3.47. The van der Waals surface area contributed by atoms with E-state index < -0.39 is 11.1 Å². The Morgan fingerprint density at radius 2 is 2.31 bits per heavy atom. The zero-order valence-electron chi connectivity index (χ0n) is 9.24. The first-order valence-corrected chi connectivity index (χ1v) is 5.64. The van der Waals surface area contributed by atoms with Gasteiger partial charge in [0.2, 0.25) is 0 Å². The van der Waals surface area contributed by atoms with E-state index >= 15 is 0 Å². The van der Waals surface area contributed by atoms with Crippen LogP contribution in [0.1, 0.15) is 0 Å². The normalized spacial score (nSPS) is 10.4. The SMILES string of the molecule is C=C(CNC)CSc1nc(=O)c(=O)[nH]n1C. The van der Waals surface area contributed by atoms with Crippen molar-refractivity contribution < 1.29 is 0 Å². The van der Waals surface area contributed by atoms with E-state index in [1.54, 1.807) is 7.05 Å². The Kier molecular flexibility index (Phi) is 4.51. The summed E-state index contributed by atoms with van der Waals surface area (Å²) in [5, 5.41) is 5.84. The number of nitrogens with one attached hydrogen (secondary N) is 2. The molecule has 0 aliphatic carbocycles. The first-order chi connectivity index (χ1) is 7.54. The molecule has 0 atom stereocenters. The number of likely N-dealkylation sites (N-methyl/N-ethyl adjacent to an activating group) is 1. The number of thioether (sulfide) groups is 1. The highest BCUT2D eigenvalue weighted by molar-refractivity contribution is 7.99. The van der Waals surface area contributed by atoms with Gasteiger partial charge in [-0.05, 0) is 7.05 Å². The topological polar surface area (TPSA) is 79.8 Å². The molecule has 7 heteroatoms. The molecular formula is C9H14N4O2S. The molecule has 1 aromatic heterocycles. The van der Waals surface area contributed by atoms with Crippen molar-refractivity contribution in [2.75, 3.05) is 19.3 Å². The molecule has 2 N–H and O–H groups in total. The average Bonchev–Trinajstić information content (AvgIpc) is 2.22. The maximum Gasteiger partial charge on any atom is 0.339 e. The number of rotatable bonds is 5. The Morgan fingerprint density at radius 3 is 2.94 bits per heavy atom. The van der Waals surface area contributed by atoms with Gasteiger partial charge in [-0.3, -0.25) is 19.4 Å². The Labute approximate surface area is 96.8 Å². The summed E-state index contributed by atoms with van der Waals surface area (Å²) < 4.78 is 1.43. The minimum absolute atomic E-state index is 0.474. The lowest BCUT2D eigenvalue weighted by Crippen LogP contribution is -2.33. The number of aryl methyl sites for hydroxylation is 1. The molecule has 0 amide bonds. The Hall–Kier alpha value is -1.34. The van der Waals surface area contributed by atoms with Gasteiger partial charge >= 0.3 is 11.1 Å². The summed E-state index contributed by atoms with van der Waals surface area (Å²) in [6.07, 6.45) is 0. The molecule has 16 heavy (non-hydrogen) atoms. The second kappa shape index (κ2) is 5.66. The van der Waals surface area contributed by atoms with Crippen LogP contribution in [0, 0.1) is 0 Å². The van der Waals surface area contributed by atoms with Crippen LogP contribution in [0.3, 0.4) is 0 Å². The number of hydrogen-bond acceptors (Lipinski definition) is 5. The zero-order chi connectivity index (χ0) is 12.1. The van der Waals surface area contributed by atoms with E-state index in [9.17, 15) is 9.59 Å². The van der Waals surface area contributed by atoms with Gasteiger partial charge in [-0.25, -0.2) is 0 Å². The minimum Gasteiger partial charge on any atom is -0.316 e. The third-order valence-electron chi connectivity index (χ3n) is 1.78. The van der Waals surface area contributed by atoms with Crippen LogP contribution in [-0.4, -0.2) is 34.1 Å². The first kappa shape index (κ1) is 12.7. The quantitative estimate of drug-likeness (QED) is 0.407. The lowest BCUT2D eigenvalue weighted by Gasteiger charge is -2.07. The number of nitrogens with zero attached hydrogens (tertiary/aromatic N) is 2. The molecular weight excluding hydrogens is 228 g/mol. The molecule has 0 aromatic carbocycles. The van der Waals surface area contributed by atoms with Crippen LogP contribution < -0.4 is 16.4 Å². The van der Waals surface area contributed by atoms with E-state index in [0.29, 0.717) is 17.5 Å². The maximum atomic E-state index is 11.0. The van der Waals surface area contributed by atoms with Crippen molar-refractivity contribution in [3.8, 4) is 0 Å². The largest absolute Gasteiger partial charge is 0.339 e. The molecule has 0 aliphatic rings. The second-order valence-corrected chi connectivity index (χ2v) is 4.21. The number of aromatic nitrogens is 3. The number of H-pyrrole nitrogens is 1. The summed E-state index contributed by atoms with van der Waals surface area (Å²) >= 11 is 1.36. The molecule has 0 radical (unpaired) electrons. The van der Waals surface area contributed by atoms with Crippen LogP contribution in [0.15, 0.2) is 26.9 Å². The van der Waals surface area contributed by atoms with E-state index in [1.807, 2.05) is 7.05 Å². The molecule has 0 bridgehead atoms. The standard InChI is InChI=1S/C9H14N4O2S/c1-6(4-10-2)5-16-9-11-7(14)8(15)12-13(9)3/h10H,1,4-5H2,2-3H3,(H,12,15). The van der Waals surface area contributed by atoms with Gasteiger partial charge in [-0.15, -0.1) is 0 Å². The van der Waals surface area contributed by atoms with E-state index in [1.165, 1.54) is 16.4 Å². The fraction of sp³-hybridized carbons (Fsp3) is 0.444. The van der Waals surface area contributed by atoms with Crippen molar-refractivity contribution in [3.63, 3.8) is 0 Å². The Morgan fingerprint density at radius 1 is 1.62 bits per heavy atom. The summed E-state index contributed by atoms with van der Waals surface area (Å²) in [6, 6.07) is 0. The highest BCUT2D eigenvalue weighted by Crippen LogP contribution is 2.13. The lowest BCUT2D eigenvalue weighted by molar-refractivity contribution is 0.596. The highest BCUT2D eigenvalue weighted by Gasteiger charge is 2.04. The monoisotopic (exact) mass is 242 g/mol. The molecule has 0 spiro atoms. The molecule has 0 fully saturated rings. The van der Waals surface area contributed by atoms with Crippen LogP contribution >= 0.6 is 11.8 Å². The zero-order valence-corrected chi connectivity index (χ0v) is 10.1. The van der Waals surface area contributed by atoms with Gasteiger partial charge in [0.25, 0.3) is 0 Å². The van der Waals surface area contributed by atoms with Crippen molar-refractivity contribution in [1.82, 2.24) is 20.1 Å². The fourth-order valence-electron chi connectivity index (χ4n) is 1.06. The van der Waals surface area contributed by atoms with Gasteiger partial charge in [-0.2, -0.15) is 4.98 Å². The van der Waals surface area contributed by atoms with Gasteiger partial charge < -0.3 is 5.32 Å². The highest BCUT2D eigenvalue weighted by atomic mass is 32.2. The Bertz CT molecular complexity index is 491. The van der Waals surface area contributed by atoms with Crippen LogP contribution in [0.2, 0.25) is 0 Å². The van der Waals surface area contributed by atoms with Gasteiger partial charge in [0.15, 0.2) is 5.16 Å². The predicted molar refractivity (Wildman–Crippen MR) is 63.9 cm³/mol. The third-order valence-corrected chi connectivity index (χ3v) is 2.96. The van der Waals surface area contributed by atoms with Crippen LogP contribution in [0.25, 0.3) is 0 Å². The third kappa shape index (κ3) is 3.35. The minimum atomic E-state index is -0.764. The van der Waals surface area contributed by atoms with Gasteiger partial charge in [0.1, 0.15) is 0 Å². The van der Waals surface area contributed by atoms with Gasteiger partial charge in [0, 0.05) is 19.3 Å². The van der Waals surface area contributed by atoms with Crippen molar-refractivity contribution in [2.45, 2.75) is 5.16 Å². The number of aromatic amines is 1. The maximum absolute atomic E-state index is 11.0. The molecule has 0 saturated heterocycles. The van der Waals surface area contributed by atoms with E-state index in [2.05, 4.69) is 22.0 Å². The molecule has 0 aliphatic heterocycles. The molecule has 6 nitrogen and oxygen atoms in total. The summed E-state index contributed by atoms with van der Waals surface area (Å²) in [4.78, 5) is 25.7. The molecule has 88 valence electrons. The van der Waals surface area contributed by atoms with E-state index in [-0.39, 0.29) is 0 Å². The van der Waals surface area contributed by atoms with Gasteiger partial charge in [-0.1, -0.05) is 23.9 Å². The average molecular weight is 242 g/mol. The molecule has 1 heterocycles. The van der Waals surface area contributed by atoms with Crippen molar-refractivity contribution in [1.29, 1.82) is 0 Å². The van der Waals surface area contributed by atoms with E-state index in [0.717, 1.165) is 5.57 Å². The van der Waals surface area contributed by atoms with Crippen LogP contribution in [0.4, 0.5) is 0 Å². The molecule has 0 unspecified atom stereocenters. The van der Waals surface area contributed by atoms with Crippen molar-refractivity contribution >= 4 is 11.8 Å². The summed E-state index contributed by atoms with van der Waals surface area (Å²) in [6.45, 7) is 4.57.